The van der Waals surface area contributed by atoms with E-state index in [9.17, 15) is 9.59 Å². The van der Waals surface area contributed by atoms with Gasteiger partial charge in [-0.3, -0.25) is 14.5 Å². The van der Waals surface area contributed by atoms with Crippen molar-refractivity contribution in [2.24, 2.45) is 0 Å². The predicted octanol–water partition coefficient (Wildman–Crippen LogP) is 1.63. The lowest BCUT2D eigenvalue weighted by Crippen LogP contribution is -2.48. The highest BCUT2D eigenvalue weighted by atomic mass is 16.4. The second kappa shape index (κ2) is 7.94. The van der Waals surface area contributed by atoms with Gasteiger partial charge >= 0.3 is 5.97 Å². The van der Waals surface area contributed by atoms with Crippen LogP contribution in [0, 0.1) is 0 Å². The van der Waals surface area contributed by atoms with Gasteiger partial charge in [0.2, 0.25) is 5.91 Å². The standard InChI is InChI=1S/C17H24N2O3/c1-2-18(13-17(21)22)15-8-10-19(11-9-15)16(20)12-14-6-4-3-5-7-14/h3-7,15H,2,8-13H2,1H3,(H,21,22). The number of hydrogen-bond acceptors (Lipinski definition) is 3. The van der Waals surface area contributed by atoms with Crippen LogP contribution in [0.1, 0.15) is 25.3 Å². The van der Waals surface area contributed by atoms with E-state index in [0.29, 0.717) is 19.5 Å². The number of carboxylic acid groups (broad SMARTS) is 1. The number of rotatable bonds is 6. The largest absolute Gasteiger partial charge is 0.480 e. The molecule has 0 radical (unpaired) electrons. The van der Waals surface area contributed by atoms with E-state index in [1.54, 1.807) is 0 Å². The normalized spacial score (nSPS) is 16.0. The lowest BCUT2D eigenvalue weighted by molar-refractivity contribution is -0.140. The van der Waals surface area contributed by atoms with E-state index in [0.717, 1.165) is 24.9 Å². The number of piperidine rings is 1. The Morgan fingerprint density at radius 1 is 1.23 bits per heavy atom. The van der Waals surface area contributed by atoms with Gasteiger partial charge in [0.25, 0.3) is 0 Å². The van der Waals surface area contributed by atoms with Gasteiger partial charge in [-0.2, -0.15) is 0 Å². The summed E-state index contributed by atoms with van der Waals surface area (Å²) in [5.41, 5.74) is 1.04. The number of hydrogen-bond donors (Lipinski definition) is 1. The first-order chi connectivity index (χ1) is 10.6. The summed E-state index contributed by atoms with van der Waals surface area (Å²) in [7, 11) is 0. The van der Waals surface area contributed by atoms with E-state index in [1.807, 2.05) is 47.1 Å². The molecule has 5 nitrogen and oxygen atoms in total. The molecule has 0 spiro atoms. The van der Waals surface area contributed by atoms with Crippen molar-refractivity contribution in [3.63, 3.8) is 0 Å². The summed E-state index contributed by atoms with van der Waals surface area (Å²) in [6.45, 7) is 4.23. The zero-order chi connectivity index (χ0) is 15.9. The maximum atomic E-state index is 12.3. The zero-order valence-electron chi connectivity index (χ0n) is 13.1. The molecule has 0 aromatic heterocycles. The average molecular weight is 304 g/mol. The second-order valence-electron chi connectivity index (χ2n) is 5.73. The molecule has 0 bridgehead atoms. The molecule has 2 rings (SSSR count). The van der Waals surface area contributed by atoms with Gasteiger partial charge in [-0.25, -0.2) is 0 Å². The molecule has 0 atom stereocenters. The Bertz CT molecular complexity index is 496. The number of nitrogens with zero attached hydrogens (tertiary/aromatic N) is 2. The molecule has 22 heavy (non-hydrogen) atoms. The Hall–Kier alpha value is -1.88. The van der Waals surface area contributed by atoms with E-state index in [2.05, 4.69) is 0 Å². The van der Waals surface area contributed by atoms with Crippen molar-refractivity contribution in [3.8, 4) is 0 Å². The number of likely N-dealkylation sites (tertiary alicyclic amines) is 1. The molecule has 120 valence electrons. The summed E-state index contributed by atoms with van der Waals surface area (Å²) < 4.78 is 0. The number of amides is 1. The molecular formula is C17H24N2O3. The summed E-state index contributed by atoms with van der Waals surface area (Å²) in [4.78, 5) is 27.1. The van der Waals surface area contributed by atoms with Crippen LogP contribution in [0.4, 0.5) is 0 Å². The van der Waals surface area contributed by atoms with Gasteiger partial charge in [0.15, 0.2) is 0 Å². The molecule has 5 heteroatoms. The number of benzene rings is 1. The van der Waals surface area contributed by atoms with Crippen molar-refractivity contribution in [2.75, 3.05) is 26.2 Å². The Morgan fingerprint density at radius 2 is 1.86 bits per heavy atom. The van der Waals surface area contributed by atoms with Crippen LogP contribution >= 0.6 is 0 Å². The lowest BCUT2D eigenvalue weighted by Gasteiger charge is -2.37. The molecular weight excluding hydrogens is 280 g/mol. The molecule has 1 aliphatic rings. The molecule has 1 N–H and O–H groups in total. The minimum atomic E-state index is -0.788. The van der Waals surface area contributed by atoms with Crippen molar-refractivity contribution in [3.05, 3.63) is 35.9 Å². The van der Waals surface area contributed by atoms with E-state index in [4.69, 9.17) is 5.11 Å². The van der Waals surface area contributed by atoms with Gasteiger partial charge in [0.05, 0.1) is 13.0 Å². The Labute approximate surface area is 131 Å². The van der Waals surface area contributed by atoms with Gasteiger partial charge < -0.3 is 10.0 Å². The fourth-order valence-corrected chi connectivity index (χ4v) is 3.04. The first-order valence-electron chi connectivity index (χ1n) is 7.87. The van der Waals surface area contributed by atoms with Crippen molar-refractivity contribution >= 4 is 11.9 Å². The number of carbonyl (C=O) groups is 2. The Balaban J connectivity index is 1.83. The topological polar surface area (TPSA) is 60.9 Å². The fraction of sp³-hybridized carbons (Fsp3) is 0.529. The number of carbonyl (C=O) groups excluding carboxylic acids is 1. The number of carboxylic acids is 1. The summed E-state index contributed by atoms with van der Waals surface area (Å²) >= 11 is 0. The van der Waals surface area contributed by atoms with Crippen molar-refractivity contribution in [1.29, 1.82) is 0 Å². The quantitative estimate of drug-likeness (QED) is 0.867. The molecule has 0 saturated carbocycles. The third-order valence-corrected chi connectivity index (χ3v) is 4.28. The smallest absolute Gasteiger partial charge is 0.317 e. The highest BCUT2D eigenvalue weighted by Crippen LogP contribution is 2.17. The lowest BCUT2D eigenvalue weighted by atomic mass is 10.0. The van der Waals surface area contributed by atoms with Crippen LogP contribution in [-0.4, -0.2) is 59.0 Å². The molecule has 1 aromatic rings. The van der Waals surface area contributed by atoms with Crippen molar-refractivity contribution in [1.82, 2.24) is 9.80 Å². The summed E-state index contributed by atoms with van der Waals surface area (Å²) in [5, 5.41) is 8.94. The fourth-order valence-electron chi connectivity index (χ4n) is 3.04. The molecule has 1 saturated heterocycles. The summed E-state index contributed by atoms with van der Waals surface area (Å²) in [5.74, 6) is -0.629. The maximum absolute atomic E-state index is 12.3. The number of aliphatic carboxylic acids is 1. The van der Waals surface area contributed by atoms with Crippen LogP contribution in [-0.2, 0) is 16.0 Å². The maximum Gasteiger partial charge on any atom is 0.317 e. The van der Waals surface area contributed by atoms with Crippen LogP contribution in [0.2, 0.25) is 0 Å². The third kappa shape index (κ3) is 4.56. The summed E-state index contributed by atoms with van der Waals surface area (Å²) in [6, 6.07) is 10.0. The van der Waals surface area contributed by atoms with E-state index < -0.39 is 5.97 Å². The van der Waals surface area contributed by atoms with Crippen LogP contribution in [0.3, 0.4) is 0 Å². The minimum absolute atomic E-state index is 0.0825. The molecule has 0 unspecified atom stereocenters. The van der Waals surface area contributed by atoms with E-state index in [-0.39, 0.29) is 18.5 Å². The predicted molar refractivity (Wildman–Crippen MR) is 84.6 cm³/mol. The van der Waals surface area contributed by atoms with Crippen LogP contribution < -0.4 is 0 Å². The van der Waals surface area contributed by atoms with Crippen LogP contribution in [0.5, 0.6) is 0 Å². The molecule has 1 aromatic carbocycles. The second-order valence-corrected chi connectivity index (χ2v) is 5.73. The van der Waals surface area contributed by atoms with Gasteiger partial charge in [0, 0.05) is 19.1 Å². The Kier molecular flexibility index (Phi) is 5.95. The molecule has 1 aliphatic heterocycles. The molecule has 1 amide bonds. The van der Waals surface area contributed by atoms with Gasteiger partial charge in [-0.05, 0) is 24.9 Å². The van der Waals surface area contributed by atoms with Crippen LogP contribution in [0.25, 0.3) is 0 Å². The van der Waals surface area contributed by atoms with Crippen molar-refractivity contribution < 1.29 is 14.7 Å². The van der Waals surface area contributed by atoms with Gasteiger partial charge in [-0.1, -0.05) is 37.3 Å². The number of likely N-dealkylation sites (N-methyl/N-ethyl adjacent to an activating group) is 1. The molecule has 0 aliphatic carbocycles. The minimum Gasteiger partial charge on any atom is -0.480 e. The first-order valence-corrected chi connectivity index (χ1v) is 7.87. The van der Waals surface area contributed by atoms with Crippen LogP contribution in [0.15, 0.2) is 30.3 Å². The first kappa shape index (κ1) is 16.5. The highest BCUT2D eigenvalue weighted by molar-refractivity contribution is 5.78. The van der Waals surface area contributed by atoms with E-state index in [1.165, 1.54) is 0 Å². The van der Waals surface area contributed by atoms with Crippen molar-refractivity contribution in [2.45, 2.75) is 32.2 Å². The molecule has 1 fully saturated rings. The molecule has 1 heterocycles. The van der Waals surface area contributed by atoms with Gasteiger partial charge in [0.1, 0.15) is 0 Å². The average Bonchev–Trinajstić information content (AvgIpc) is 2.53. The highest BCUT2D eigenvalue weighted by Gasteiger charge is 2.27. The third-order valence-electron chi connectivity index (χ3n) is 4.28. The van der Waals surface area contributed by atoms with Gasteiger partial charge in [-0.15, -0.1) is 0 Å². The monoisotopic (exact) mass is 304 g/mol. The van der Waals surface area contributed by atoms with E-state index >= 15 is 0 Å². The Morgan fingerprint density at radius 3 is 2.41 bits per heavy atom. The zero-order valence-corrected chi connectivity index (χ0v) is 13.1. The SMILES string of the molecule is CCN(CC(=O)O)C1CCN(C(=O)Cc2ccccc2)CC1. The summed E-state index contributed by atoms with van der Waals surface area (Å²) in [6.07, 6.45) is 2.14.